The van der Waals surface area contributed by atoms with Crippen LogP contribution in [-0.4, -0.2) is 18.1 Å². The minimum absolute atomic E-state index is 0.177. The zero-order valence-electron chi connectivity index (χ0n) is 11.5. The predicted molar refractivity (Wildman–Crippen MR) is 68.1 cm³/mol. The fourth-order valence-corrected chi connectivity index (χ4v) is 3.03. The van der Waals surface area contributed by atoms with Crippen molar-refractivity contribution < 1.29 is 9.53 Å². The quantitative estimate of drug-likeness (QED) is 0.450. The summed E-state index contributed by atoms with van der Waals surface area (Å²) in [5, 5.41) is 0. The van der Waals surface area contributed by atoms with Gasteiger partial charge in [0.25, 0.3) is 5.91 Å². The van der Waals surface area contributed by atoms with Crippen molar-refractivity contribution in [1.29, 1.82) is 0 Å². The van der Waals surface area contributed by atoms with Crippen LogP contribution in [0.1, 0.15) is 53.4 Å². The van der Waals surface area contributed by atoms with Gasteiger partial charge in [0.15, 0.2) is 0 Å². The molecule has 0 aromatic rings. The van der Waals surface area contributed by atoms with Crippen molar-refractivity contribution in [2.75, 3.05) is 0 Å². The molecule has 17 heavy (non-hydrogen) atoms. The highest BCUT2D eigenvalue weighted by atomic mass is 16.5. The van der Waals surface area contributed by atoms with Crippen LogP contribution in [0.3, 0.4) is 0 Å². The third kappa shape index (κ3) is 4.28. The topological polar surface area (TPSA) is 64.3 Å². The van der Waals surface area contributed by atoms with E-state index in [-0.39, 0.29) is 12.0 Å². The van der Waals surface area contributed by atoms with Gasteiger partial charge in [-0.1, -0.05) is 27.7 Å². The van der Waals surface area contributed by atoms with E-state index in [1.165, 1.54) is 6.42 Å². The first-order valence-corrected chi connectivity index (χ1v) is 6.54. The molecule has 4 nitrogen and oxygen atoms in total. The largest absolute Gasteiger partial charge is 0.365 e. The molecule has 0 heterocycles. The molecule has 100 valence electrons. The molecule has 1 amide bonds. The summed E-state index contributed by atoms with van der Waals surface area (Å²) in [6, 6.07) is 0. The van der Waals surface area contributed by atoms with E-state index in [0.717, 1.165) is 12.8 Å². The zero-order chi connectivity index (χ0) is 13.1. The molecule has 0 aromatic carbocycles. The number of nitrogens with one attached hydrogen (secondary N) is 1. The summed E-state index contributed by atoms with van der Waals surface area (Å²) in [5.74, 6) is 5.59. The lowest BCUT2D eigenvalue weighted by molar-refractivity contribution is -0.141. The van der Waals surface area contributed by atoms with Crippen LogP contribution < -0.4 is 11.3 Å². The summed E-state index contributed by atoms with van der Waals surface area (Å²) < 4.78 is 5.91. The first kappa shape index (κ1) is 14.5. The maximum Gasteiger partial charge on any atom is 0.262 e. The van der Waals surface area contributed by atoms with Gasteiger partial charge in [0.1, 0.15) is 6.10 Å². The standard InChI is InChI=1S/C13H26N2O2/c1-5-11(12(16)15-14)17-10-6-9(2)7-13(3,4)8-10/h9-11H,5-8,14H2,1-4H3,(H,15,16). The predicted octanol–water partition coefficient (Wildman–Crippen LogP) is 1.99. The molecule has 3 N–H and O–H groups in total. The molecule has 1 aliphatic rings. The fraction of sp³-hybridized carbons (Fsp3) is 0.923. The van der Waals surface area contributed by atoms with Gasteiger partial charge in [-0.3, -0.25) is 10.2 Å². The highest BCUT2D eigenvalue weighted by Gasteiger charge is 2.34. The average molecular weight is 242 g/mol. The SMILES string of the molecule is CCC(OC1CC(C)CC(C)(C)C1)C(=O)NN. The Hall–Kier alpha value is -0.610. The molecule has 0 spiro atoms. The third-order valence-corrected chi connectivity index (χ3v) is 3.51. The first-order valence-electron chi connectivity index (χ1n) is 6.54. The van der Waals surface area contributed by atoms with Crippen LogP contribution >= 0.6 is 0 Å². The fourth-order valence-electron chi connectivity index (χ4n) is 3.03. The summed E-state index contributed by atoms with van der Waals surface area (Å²) in [6.07, 6.45) is 3.71. The molecule has 1 aliphatic carbocycles. The molecule has 4 heteroatoms. The van der Waals surface area contributed by atoms with Crippen LogP contribution in [0.5, 0.6) is 0 Å². The number of ether oxygens (including phenoxy) is 1. The molecule has 3 atom stereocenters. The molecule has 0 aliphatic heterocycles. The Balaban J connectivity index is 2.57. The summed E-state index contributed by atoms with van der Waals surface area (Å²) in [7, 11) is 0. The van der Waals surface area contributed by atoms with Crippen molar-refractivity contribution in [3.05, 3.63) is 0 Å². The minimum Gasteiger partial charge on any atom is -0.365 e. The Morgan fingerprint density at radius 2 is 2.18 bits per heavy atom. The van der Waals surface area contributed by atoms with E-state index in [9.17, 15) is 4.79 Å². The summed E-state index contributed by atoms with van der Waals surface area (Å²) in [6.45, 7) is 8.73. The number of hydrazine groups is 1. The molecular weight excluding hydrogens is 216 g/mol. The smallest absolute Gasteiger partial charge is 0.262 e. The van der Waals surface area contributed by atoms with Gasteiger partial charge in [0.2, 0.25) is 0 Å². The number of hydrogen-bond donors (Lipinski definition) is 2. The van der Waals surface area contributed by atoms with Crippen LogP contribution in [0.4, 0.5) is 0 Å². The third-order valence-electron chi connectivity index (χ3n) is 3.51. The van der Waals surface area contributed by atoms with Crippen LogP contribution in [0.25, 0.3) is 0 Å². The number of carbonyl (C=O) groups is 1. The van der Waals surface area contributed by atoms with Gasteiger partial charge in [-0.05, 0) is 37.0 Å². The van der Waals surface area contributed by atoms with Gasteiger partial charge in [-0.15, -0.1) is 0 Å². The van der Waals surface area contributed by atoms with Gasteiger partial charge in [0.05, 0.1) is 6.10 Å². The Kier molecular flexibility index (Phi) is 4.95. The van der Waals surface area contributed by atoms with Crippen molar-refractivity contribution in [1.82, 2.24) is 5.43 Å². The molecule has 1 saturated carbocycles. The molecule has 0 bridgehead atoms. The lowest BCUT2D eigenvalue weighted by Gasteiger charge is -2.39. The summed E-state index contributed by atoms with van der Waals surface area (Å²) in [4.78, 5) is 11.5. The average Bonchev–Trinajstić information content (AvgIpc) is 2.22. The Labute approximate surface area is 104 Å². The maximum absolute atomic E-state index is 11.5. The van der Waals surface area contributed by atoms with Crippen LogP contribution in [0.15, 0.2) is 0 Å². The van der Waals surface area contributed by atoms with Gasteiger partial charge in [-0.25, -0.2) is 5.84 Å². The van der Waals surface area contributed by atoms with Crippen molar-refractivity contribution >= 4 is 5.91 Å². The lowest BCUT2D eigenvalue weighted by atomic mass is 9.71. The van der Waals surface area contributed by atoms with E-state index >= 15 is 0 Å². The van der Waals surface area contributed by atoms with E-state index in [2.05, 4.69) is 26.2 Å². The monoisotopic (exact) mass is 242 g/mol. The summed E-state index contributed by atoms with van der Waals surface area (Å²) >= 11 is 0. The van der Waals surface area contributed by atoms with E-state index < -0.39 is 6.10 Å². The first-order chi connectivity index (χ1) is 7.88. The number of nitrogens with two attached hydrogens (primary N) is 1. The van der Waals surface area contributed by atoms with Crippen molar-refractivity contribution in [2.24, 2.45) is 17.2 Å². The van der Waals surface area contributed by atoms with Gasteiger partial charge in [0, 0.05) is 0 Å². The molecule has 1 fully saturated rings. The summed E-state index contributed by atoms with van der Waals surface area (Å²) in [5.41, 5.74) is 2.48. The number of hydrogen-bond acceptors (Lipinski definition) is 3. The highest BCUT2D eigenvalue weighted by molar-refractivity contribution is 5.80. The molecule has 1 rings (SSSR count). The molecule has 0 aromatic heterocycles. The van der Waals surface area contributed by atoms with Crippen LogP contribution in [0.2, 0.25) is 0 Å². The number of carbonyl (C=O) groups excluding carboxylic acids is 1. The lowest BCUT2D eigenvalue weighted by Crippen LogP contribution is -2.43. The second-order valence-electron chi connectivity index (χ2n) is 6.08. The molecule has 0 radical (unpaired) electrons. The van der Waals surface area contributed by atoms with E-state index in [4.69, 9.17) is 10.6 Å². The zero-order valence-corrected chi connectivity index (χ0v) is 11.5. The normalized spacial score (nSPS) is 29.7. The van der Waals surface area contributed by atoms with Crippen LogP contribution in [-0.2, 0) is 9.53 Å². The van der Waals surface area contributed by atoms with Gasteiger partial charge in [-0.2, -0.15) is 0 Å². The van der Waals surface area contributed by atoms with Crippen molar-refractivity contribution in [3.8, 4) is 0 Å². The molecule has 0 saturated heterocycles. The van der Waals surface area contributed by atoms with Crippen LogP contribution in [0, 0.1) is 11.3 Å². The highest BCUT2D eigenvalue weighted by Crippen LogP contribution is 2.40. The molecule has 3 unspecified atom stereocenters. The Bertz CT molecular complexity index is 266. The second-order valence-corrected chi connectivity index (χ2v) is 6.08. The van der Waals surface area contributed by atoms with Gasteiger partial charge >= 0.3 is 0 Å². The van der Waals surface area contributed by atoms with E-state index in [1.54, 1.807) is 0 Å². The van der Waals surface area contributed by atoms with E-state index in [0.29, 0.717) is 17.8 Å². The maximum atomic E-state index is 11.5. The molecular formula is C13H26N2O2. The van der Waals surface area contributed by atoms with Crippen molar-refractivity contribution in [2.45, 2.75) is 65.6 Å². The Morgan fingerprint density at radius 1 is 1.53 bits per heavy atom. The van der Waals surface area contributed by atoms with Gasteiger partial charge < -0.3 is 4.74 Å². The number of rotatable bonds is 4. The minimum atomic E-state index is -0.411. The Morgan fingerprint density at radius 3 is 2.65 bits per heavy atom. The van der Waals surface area contributed by atoms with E-state index in [1.807, 2.05) is 6.92 Å². The van der Waals surface area contributed by atoms with Crippen molar-refractivity contribution in [3.63, 3.8) is 0 Å². The number of amides is 1. The second kappa shape index (κ2) is 5.83.